The predicted octanol–water partition coefficient (Wildman–Crippen LogP) is 2.00. The zero-order valence-electron chi connectivity index (χ0n) is 11.2. The van der Waals surface area contributed by atoms with E-state index in [1.165, 1.54) is 45.1 Å². The summed E-state index contributed by atoms with van der Waals surface area (Å²) in [5.41, 5.74) is 5.65. The van der Waals surface area contributed by atoms with Gasteiger partial charge in [-0.15, -0.1) is 0 Å². The Morgan fingerprint density at radius 1 is 1.29 bits per heavy atom. The standard InChI is InChI=1S/C14H28N2O/c1-17-11-13(7-3-9-15)16-10-4-6-12-5-2-8-14(12)16/h12-14H,2-11,15H2,1H3. The summed E-state index contributed by atoms with van der Waals surface area (Å²) in [6, 6.07) is 1.45. The van der Waals surface area contributed by atoms with E-state index in [0.717, 1.165) is 31.5 Å². The third kappa shape index (κ3) is 3.21. The van der Waals surface area contributed by atoms with Gasteiger partial charge < -0.3 is 10.5 Å². The maximum absolute atomic E-state index is 5.65. The first-order valence-corrected chi connectivity index (χ1v) is 7.31. The molecule has 3 heteroatoms. The van der Waals surface area contributed by atoms with Crippen LogP contribution in [0.4, 0.5) is 0 Å². The van der Waals surface area contributed by atoms with E-state index in [1.807, 2.05) is 7.11 Å². The maximum Gasteiger partial charge on any atom is 0.0618 e. The fourth-order valence-electron chi connectivity index (χ4n) is 3.84. The minimum Gasteiger partial charge on any atom is -0.383 e. The van der Waals surface area contributed by atoms with E-state index < -0.39 is 0 Å². The van der Waals surface area contributed by atoms with Crippen molar-refractivity contribution in [3.8, 4) is 0 Å². The third-order valence-corrected chi connectivity index (χ3v) is 4.61. The van der Waals surface area contributed by atoms with E-state index in [1.54, 1.807) is 0 Å². The normalized spacial score (nSPS) is 31.4. The number of nitrogens with zero attached hydrogens (tertiary/aromatic N) is 1. The summed E-state index contributed by atoms with van der Waals surface area (Å²) in [5.74, 6) is 0.973. The summed E-state index contributed by atoms with van der Waals surface area (Å²) in [7, 11) is 1.82. The van der Waals surface area contributed by atoms with Crippen molar-refractivity contribution >= 4 is 0 Å². The van der Waals surface area contributed by atoms with Crippen molar-refractivity contribution in [3.05, 3.63) is 0 Å². The van der Waals surface area contributed by atoms with Gasteiger partial charge in [0.15, 0.2) is 0 Å². The molecule has 2 rings (SSSR count). The number of piperidine rings is 1. The third-order valence-electron chi connectivity index (χ3n) is 4.61. The predicted molar refractivity (Wildman–Crippen MR) is 71.0 cm³/mol. The van der Waals surface area contributed by atoms with Gasteiger partial charge in [0.1, 0.15) is 0 Å². The molecule has 2 aliphatic rings. The van der Waals surface area contributed by atoms with Gasteiger partial charge >= 0.3 is 0 Å². The molecule has 1 aliphatic carbocycles. The van der Waals surface area contributed by atoms with Crippen LogP contribution in [0.5, 0.6) is 0 Å². The van der Waals surface area contributed by atoms with Gasteiger partial charge in [-0.3, -0.25) is 4.90 Å². The molecule has 0 aromatic carbocycles. The van der Waals surface area contributed by atoms with Gasteiger partial charge in [0.05, 0.1) is 6.61 Å². The first kappa shape index (κ1) is 13.3. The molecule has 0 aromatic heterocycles. The number of ether oxygens (including phenoxy) is 1. The first-order valence-electron chi connectivity index (χ1n) is 7.31. The minimum absolute atomic E-state index is 0.606. The van der Waals surface area contributed by atoms with E-state index >= 15 is 0 Å². The quantitative estimate of drug-likeness (QED) is 0.772. The number of likely N-dealkylation sites (tertiary alicyclic amines) is 1. The van der Waals surface area contributed by atoms with Gasteiger partial charge in [-0.05, 0) is 57.5 Å². The van der Waals surface area contributed by atoms with Crippen LogP contribution in [0.25, 0.3) is 0 Å². The summed E-state index contributed by atoms with van der Waals surface area (Å²) in [6.07, 6.45) is 9.46. The van der Waals surface area contributed by atoms with Crippen LogP contribution in [0.1, 0.15) is 44.9 Å². The Labute approximate surface area is 106 Å². The van der Waals surface area contributed by atoms with Crippen LogP contribution in [0, 0.1) is 5.92 Å². The molecule has 2 N–H and O–H groups in total. The summed E-state index contributed by atoms with van der Waals surface area (Å²) in [4.78, 5) is 2.75. The molecule has 0 amide bonds. The second-order valence-corrected chi connectivity index (χ2v) is 5.68. The summed E-state index contributed by atoms with van der Waals surface area (Å²) < 4.78 is 5.42. The Balaban J connectivity index is 1.95. The molecule has 17 heavy (non-hydrogen) atoms. The van der Waals surface area contributed by atoms with Crippen molar-refractivity contribution in [3.63, 3.8) is 0 Å². The highest BCUT2D eigenvalue weighted by Crippen LogP contribution is 2.38. The number of nitrogens with two attached hydrogens (primary N) is 1. The van der Waals surface area contributed by atoms with Gasteiger partial charge in [0, 0.05) is 19.2 Å². The van der Waals surface area contributed by atoms with Crippen LogP contribution < -0.4 is 5.73 Å². The van der Waals surface area contributed by atoms with Crippen molar-refractivity contribution in [1.29, 1.82) is 0 Å². The van der Waals surface area contributed by atoms with E-state index in [4.69, 9.17) is 10.5 Å². The lowest BCUT2D eigenvalue weighted by molar-refractivity contribution is 0.0201. The highest BCUT2D eigenvalue weighted by molar-refractivity contribution is 4.92. The molecule has 100 valence electrons. The number of rotatable bonds is 6. The first-order chi connectivity index (χ1) is 8.36. The Bertz CT molecular complexity index is 222. The SMILES string of the molecule is COCC(CCCN)N1CCCC2CCCC21. The molecular formula is C14H28N2O. The molecule has 3 atom stereocenters. The zero-order valence-corrected chi connectivity index (χ0v) is 11.2. The van der Waals surface area contributed by atoms with Crippen LogP contribution in [0.2, 0.25) is 0 Å². The summed E-state index contributed by atoms with van der Waals surface area (Å²) in [5, 5.41) is 0. The summed E-state index contributed by atoms with van der Waals surface area (Å²) >= 11 is 0. The van der Waals surface area contributed by atoms with E-state index in [2.05, 4.69) is 4.90 Å². The van der Waals surface area contributed by atoms with E-state index in [0.29, 0.717) is 6.04 Å². The van der Waals surface area contributed by atoms with Crippen LogP contribution in [0.15, 0.2) is 0 Å². The molecule has 1 aliphatic heterocycles. The smallest absolute Gasteiger partial charge is 0.0618 e. The molecule has 1 heterocycles. The van der Waals surface area contributed by atoms with E-state index in [-0.39, 0.29) is 0 Å². The molecule has 0 bridgehead atoms. The Kier molecular flexibility index (Phi) is 5.26. The molecule has 3 unspecified atom stereocenters. The fraction of sp³-hybridized carbons (Fsp3) is 1.00. The monoisotopic (exact) mass is 240 g/mol. The maximum atomic E-state index is 5.65. The second kappa shape index (κ2) is 6.72. The Morgan fingerprint density at radius 2 is 2.12 bits per heavy atom. The lowest BCUT2D eigenvalue weighted by atomic mass is 9.90. The molecule has 1 saturated heterocycles. The van der Waals surface area contributed by atoms with Crippen LogP contribution in [-0.2, 0) is 4.74 Å². The second-order valence-electron chi connectivity index (χ2n) is 5.68. The highest BCUT2D eigenvalue weighted by Gasteiger charge is 2.37. The lowest BCUT2D eigenvalue weighted by Crippen LogP contribution is -2.50. The zero-order chi connectivity index (χ0) is 12.1. The number of methoxy groups -OCH3 is 1. The van der Waals surface area contributed by atoms with Crippen molar-refractivity contribution in [2.75, 3.05) is 26.8 Å². The molecule has 0 spiro atoms. The van der Waals surface area contributed by atoms with Gasteiger partial charge in [-0.2, -0.15) is 0 Å². The largest absolute Gasteiger partial charge is 0.383 e. The van der Waals surface area contributed by atoms with Crippen LogP contribution >= 0.6 is 0 Å². The van der Waals surface area contributed by atoms with E-state index in [9.17, 15) is 0 Å². The van der Waals surface area contributed by atoms with Gasteiger partial charge in [-0.1, -0.05) is 6.42 Å². The fourth-order valence-corrected chi connectivity index (χ4v) is 3.84. The average Bonchev–Trinajstić information content (AvgIpc) is 2.82. The molecule has 0 radical (unpaired) electrons. The van der Waals surface area contributed by atoms with Crippen molar-refractivity contribution in [1.82, 2.24) is 4.90 Å². The molecule has 2 fully saturated rings. The van der Waals surface area contributed by atoms with Crippen molar-refractivity contribution in [2.45, 2.75) is 57.0 Å². The van der Waals surface area contributed by atoms with Crippen LogP contribution in [0.3, 0.4) is 0 Å². The number of fused-ring (bicyclic) bond motifs is 1. The number of hydrogen-bond donors (Lipinski definition) is 1. The molecule has 0 aromatic rings. The number of hydrogen-bond acceptors (Lipinski definition) is 3. The molecular weight excluding hydrogens is 212 g/mol. The van der Waals surface area contributed by atoms with Crippen molar-refractivity contribution in [2.24, 2.45) is 11.7 Å². The van der Waals surface area contributed by atoms with Gasteiger partial charge in [0.2, 0.25) is 0 Å². The topological polar surface area (TPSA) is 38.5 Å². The highest BCUT2D eigenvalue weighted by atomic mass is 16.5. The Morgan fingerprint density at radius 3 is 2.88 bits per heavy atom. The van der Waals surface area contributed by atoms with Gasteiger partial charge in [-0.25, -0.2) is 0 Å². The minimum atomic E-state index is 0.606. The Hall–Kier alpha value is -0.120. The molecule has 3 nitrogen and oxygen atoms in total. The van der Waals surface area contributed by atoms with Crippen LogP contribution in [-0.4, -0.2) is 43.8 Å². The average molecular weight is 240 g/mol. The molecule has 1 saturated carbocycles. The lowest BCUT2D eigenvalue weighted by Gasteiger charge is -2.42. The van der Waals surface area contributed by atoms with Gasteiger partial charge in [0.25, 0.3) is 0 Å². The summed E-state index contributed by atoms with van der Waals surface area (Å²) in [6.45, 7) is 2.96. The van der Waals surface area contributed by atoms with Crippen molar-refractivity contribution < 1.29 is 4.74 Å².